The molecule has 0 atom stereocenters. The van der Waals surface area contributed by atoms with Crippen LogP contribution < -0.4 is 4.90 Å². The Morgan fingerprint density at radius 1 is 1.22 bits per heavy atom. The maximum Gasteiger partial charge on any atom is 0.224 e. The van der Waals surface area contributed by atoms with Crippen LogP contribution in [0.3, 0.4) is 0 Å². The molecule has 0 saturated carbocycles. The van der Waals surface area contributed by atoms with E-state index in [1.54, 1.807) is 0 Å². The molecule has 1 aliphatic heterocycles. The van der Waals surface area contributed by atoms with Gasteiger partial charge in [-0.1, -0.05) is 11.6 Å². The van der Waals surface area contributed by atoms with Crippen molar-refractivity contribution in [3.8, 4) is 0 Å². The predicted octanol–water partition coefficient (Wildman–Crippen LogP) is 1.29. The molecule has 1 aliphatic rings. The minimum Gasteiger partial charge on any atom is -0.395 e. The molecule has 100 valence electrons. The number of anilines is 1. The smallest absolute Gasteiger partial charge is 0.224 e. The number of aromatic nitrogens is 2. The second kappa shape index (κ2) is 6.52. The molecule has 18 heavy (non-hydrogen) atoms. The first-order valence-corrected chi connectivity index (χ1v) is 6.72. The lowest BCUT2D eigenvalue weighted by molar-refractivity contribution is 0.204. The summed E-state index contributed by atoms with van der Waals surface area (Å²) in [7, 11) is 0. The van der Waals surface area contributed by atoms with Crippen molar-refractivity contribution in [1.82, 2.24) is 14.9 Å². The third-order valence-corrected chi connectivity index (χ3v) is 3.45. The molecule has 0 spiro atoms. The van der Waals surface area contributed by atoms with Gasteiger partial charge in [0.25, 0.3) is 0 Å². The molecule has 0 radical (unpaired) electrons. The Morgan fingerprint density at radius 3 is 2.83 bits per heavy atom. The van der Waals surface area contributed by atoms with E-state index in [4.69, 9.17) is 28.3 Å². The average Bonchev–Trinajstić information content (AvgIpc) is 2.58. The minimum absolute atomic E-state index is 0.195. The SMILES string of the molecule is OCCN1CCCN(c2nc(Cl)ncc2Cl)CC1. The number of rotatable bonds is 3. The molecule has 0 amide bonds. The van der Waals surface area contributed by atoms with Gasteiger partial charge in [0, 0.05) is 26.2 Å². The highest BCUT2D eigenvalue weighted by Crippen LogP contribution is 2.24. The first kappa shape index (κ1) is 13.8. The second-order valence-electron chi connectivity index (χ2n) is 4.22. The number of aliphatic hydroxyl groups is 1. The summed E-state index contributed by atoms with van der Waals surface area (Å²) in [6, 6.07) is 0. The lowest BCUT2D eigenvalue weighted by atomic mass is 10.4. The quantitative estimate of drug-likeness (QED) is 0.850. The van der Waals surface area contributed by atoms with Gasteiger partial charge in [0.15, 0.2) is 5.82 Å². The first-order valence-electron chi connectivity index (χ1n) is 5.97. The van der Waals surface area contributed by atoms with Crippen molar-refractivity contribution in [3.63, 3.8) is 0 Å². The zero-order valence-electron chi connectivity index (χ0n) is 10.0. The zero-order valence-corrected chi connectivity index (χ0v) is 11.5. The van der Waals surface area contributed by atoms with Gasteiger partial charge >= 0.3 is 0 Å². The Kier molecular flexibility index (Phi) is 5.00. The lowest BCUT2D eigenvalue weighted by Crippen LogP contribution is -2.32. The van der Waals surface area contributed by atoms with Crippen molar-refractivity contribution in [2.75, 3.05) is 44.2 Å². The van der Waals surface area contributed by atoms with E-state index in [-0.39, 0.29) is 11.9 Å². The van der Waals surface area contributed by atoms with Gasteiger partial charge in [-0.2, -0.15) is 4.98 Å². The van der Waals surface area contributed by atoms with Crippen molar-refractivity contribution in [2.24, 2.45) is 0 Å². The fourth-order valence-electron chi connectivity index (χ4n) is 2.11. The van der Waals surface area contributed by atoms with E-state index >= 15 is 0 Å². The van der Waals surface area contributed by atoms with Crippen LogP contribution in [0.4, 0.5) is 5.82 Å². The van der Waals surface area contributed by atoms with Gasteiger partial charge in [0.2, 0.25) is 5.28 Å². The van der Waals surface area contributed by atoms with E-state index < -0.39 is 0 Å². The lowest BCUT2D eigenvalue weighted by Gasteiger charge is -2.23. The van der Waals surface area contributed by atoms with Gasteiger partial charge in [-0.25, -0.2) is 4.98 Å². The third kappa shape index (κ3) is 3.45. The van der Waals surface area contributed by atoms with E-state index in [1.807, 2.05) is 0 Å². The summed E-state index contributed by atoms with van der Waals surface area (Å²) in [5, 5.41) is 9.70. The van der Waals surface area contributed by atoms with Crippen LogP contribution in [0, 0.1) is 0 Å². The monoisotopic (exact) mass is 290 g/mol. The van der Waals surface area contributed by atoms with Gasteiger partial charge in [-0.3, -0.25) is 4.90 Å². The summed E-state index contributed by atoms with van der Waals surface area (Å²) in [5.74, 6) is 0.697. The van der Waals surface area contributed by atoms with Crippen LogP contribution in [0.15, 0.2) is 6.20 Å². The topological polar surface area (TPSA) is 52.5 Å². The number of β-amino-alcohol motifs (C(OH)–C–C–N with tert-alkyl or cyclic N) is 1. The number of aliphatic hydroxyl groups excluding tert-OH is 1. The molecule has 7 heteroatoms. The fourth-order valence-corrected chi connectivity index (χ4v) is 2.45. The fraction of sp³-hybridized carbons (Fsp3) is 0.636. The van der Waals surface area contributed by atoms with Crippen LogP contribution in [-0.2, 0) is 0 Å². The average molecular weight is 291 g/mol. The van der Waals surface area contributed by atoms with Crippen molar-refractivity contribution in [1.29, 1.82) is 0 Å². The van der Waals surface area contributed by atoms with Crippen molar-refractivity contribution in [2.45, 2.75) is 6.42 Å². The summed E-state index contributed by atoms with van der Waals surface area (Å²) in [6.45, 7) is 4.49. The van der Waals surface area contributed by atoms with Crippen LogP contribution in [0.5, 0.6) is 0 Å². The molecule has 1 N–H and O–H groups in total. The van der Waals surface area contributed by atoms with Gasteiger partial charge in [0.05, 0.1) is 12.8 Å². The van der Waals surface area contributed by atoms with E-state index in [2.05, 4.69) is 19.8 Å². The molecule has 2 heterocycles. The highest BCUT2D eigenvalue weighted by molar-refractivity contribution is 6.33. The Balaban J connectivity index is 2.07. The van der Waals surface area contributed by atoms with Gasteiger partial charge in [-0.05, 0) is 24.6 Å². The normalized spacial score (nSPS) is 17.8. The van der Waals surface area contributed by atoms with Crippen molar-refractivity contribution < 1.29 is 5.11 Å². The Morgan fingerprint density at radius 2 is 2.06 bits per heavy atom. The molecule has 0 unspecified atom stereocenters. The minimum atomic E-state index is 0.195. The number of halogens is 2. The van der Waals surface area contributed by atoms with E-state index in [9.17, 15) is 0 Å². The molecular weight excluding hydrogens is 275 g/mol. The molecule has 0 bridgehead atoms. The van der Waals surface area contributed by atoms with Crippen LogP contribution in [0.2, 0.25) is 10.3 Å². The number of hydrogen-bond acceptors (Lipinski definition) is 5. The van der Waals surface area contributed by atoms with Crippen LogP contribution in [-0.4, -0.2) is 59.3 Å². The number of hydrogen-bond donors (Lipinski definition) is 1. The Hall–Kier alpha value is -0.620. The summed E-state index contributed by atoms with van der Waals surface area (Å²) in [6.07, 6.45) is 2.54. The Labute approximate surface area is 116 Å². The Bertz CT molecular complexity index is 405. The van der Waals surface area contributed by atoms with Gasteiger partial charge in [-0.15, -0.1) is 0 Å². The molecule has 1 aromatic heterocycles. The van der Waals surface area contributed by atoms with E-state index in [0.29, 0.717) is 17.4 Å². The van der Waals surface area contributed by atoms with Crippen molar-refractivity contribution in [3.05, 3.63) is 16.5 Å². The van der Waals surface area contributed by atoms with Crippen LogP contribution in [0.25, 0.3) is 0 Å². The number of nitrogens with zero attached hydrogens (tertiary/aromatic N) is 4. The van der Waals surface area contributed by atoms with Gasteiger partial charge in [0.1, 0.15) is 5.02 Å². The molecule has 0 aromatic carbocycles. The van der Waals surface area contributed by atoms with Gasteiger partial charge < -0.3 is 10.0 Å². The summed E-state index contributed by atoms with van der Waals surface area (Å²) in [5.41, 5.74) is 0. The zero-order chi connectivity index (χ0) is 13.0. The third-order valence-electron chi connectivity index (χ3n) is 3.00. The second-order valence-corrected chi connectivity index (χ2v) is 4.96. The molecule has 1 aromatic rings. The van der Waals surface area contributed by atoms with E-state index in [1.165, 1.54) is 6.20 Å². The molecular formula is C11H16Cl2N4O. The predicted molar refractivity (Wildman–Crippen MR) is 72.4 cm³/mol. The summed E-state index contributed by atoms with van der Waals surface area (Å²) < 4.78 is 0. The molecule has 2 rings (SSSR count). The summed E-state index contributed by atoms with van der Waals surface area (Å²) >= 11 is 11.9. The molecule has 5 nitrogen and oxygen atoms in total. The highest BCUT2D eigenvalue weighted by Gasteiger charge is 2.18. The molecule has 1 fully saturated rings. The summed E-state index contributed by atoms with van der Waals surface area (Å²) in [4.78, 5) is 12.4. The standard InChI is InChI=1S/C11H16Cl2N4O/c12-9-8-14-11(13)15-10(9)17-3-1-2-16(4-5-17)6-7-18/h8,18H,1-7H2. The first-order chi connectivity index (χ1) is 8.70. The van der Waals surface area contributed by atoms with Crippen LogP contribution in [0.1, 0.15) is 6.42 Å². The molecule has 1 saturated heterocycles. The maximum atomic E-state index is 8.96. The highest BCUT2D eigenvalue weighted by atomic mass is 35.5. The van der Waals surface area contributed by atoms with Crippen molar-refractivity contribution >= 4 is 29.0 Å². The van der Waals surface area contributed by atoms with E-state index in [0.717, 1.165) is 32.6 Å². The molecule has 0 aliphatic carbocycles. The largest absolute Gasteiger partial charge is 0.395 e. The maximum absolute atomic E-state index is 8.96. The van der Waals surface area contributed by atoms with Crippen LogP contribution >= 0.6 is 23.2 Å².